The molecule has 1 unspecified atom stereocenters. The molecular formula is C15H19F2NO3. The number of aliphatic hydroxyl groups is 1. The number of hydrogen-bond acceptors (Lipinski definition) is 4. The third-order valence-electron chi connectivity index (χ3n) is 4.00. The van der Waals surface area contributed by atoms with Crippen LogP contribution < -0.4 is 5.32 Å². The summed E-state index contributed by atoms with van der Waals surface area (Å²) in [6, 6.07) is 3.42. The minimum atomic E-state index is -1.37. The van der Waals surface area contributed by atoms with Gasteiger partial charge in [-0.15, -0.1) is 0 Å². The molecule has 21 heavy (non-hydrogen) atoms. The highest BCUT2D eigenvalue weighted by Crippen LogP contribution is 2.31. The Morgan fingerprint density at radius 2 is 1.95 bits per heavy atom. The van der Waals surface area contributed by atoms with Crippen molar-refractivity contribution in [2.24, 2.45) is 0 Å². The molecule has 116 valence electrons. The maximum Gasteiger partial charge on any atom is 0.326 e. The van der Waals surface area contributed by atoms with Crippen LogP contribution in [0.3, 0.4) is 0 Å². The smallest absolute Gasteiger partial charge is 0.326 e. The first-order valence-electron chi connectivity index (χ1n) is 6.95. The van der Waals surface area contributed by atoms with Crippen molar-refractivity contribution in [3.05, 3.63) is 35.4 Å². The fraction of sp³-hybridized carbons (Fsp3) is 0.533. The summed E-state index contributed by atoms with van der Waals surface area (Å²) in [5, 5.41) is 13.0. The maximum atomic E-state index is 13.6. The first kappa shape index (κ1) is 15.9. The average molecular weight is 299 g/mol. The molecule has 1 aromatic rings. The number of carbonyl (C=O) groups is 1. The standard InChI is InChI=1S/C15H19F2NO3/c1-21-14(20)15(7-2-3-8-15)18-9-12(19)13-10(16)5-4-6-11(13)17/h4-6,12,18-19H,2-3,7-9H2,1H3. The third-order valence-corrected chi connectivity index (χ3v) is 4.00. The van der Waals surface area contributed by atoms with Crippen molar-refractivity contribution < 1.29 is 23.4 Å². The normalized spacial score (nSPS) is 18.5. The highest BCUT2D eigenvalue weighted by Gasteiger charge is 2.42. The van der Waals surface area contributed by atoms with Gasteiger partial charge in [0, 0.05) is 6.54 Å². The molecule has 6 heteroatoms. The number of aliphatic hydroxyl groups excluding tert-OH is 1. The van der Waals surface area contributed by atoms with Gasteiger partial charge in [0.15, 0.2) is 0 Å². The molecule has 0 amide bonds. The van der Waals surface area contributed by atoms with Crippen molar-refractivity contribution in [1.82, 2.24) is 5.32 Å². The number of halogens is 2. The lowest BCUT2D eigenvalue weighted by atomic mass is 9.96. The molecule has 1 aliphatic carbocycles. The van der Waals surface area contributed by atoms with Crippen LogP contribution in [0.4, 0.5) is 8.78 Å². The van der Waals surface area contributed by atoms with Gasteiger partial charge >= 0.3 is 5.97 Å². The summed E-state index contributed by atoms with van der Waals surface area (Å²) in [6.07, 6.45) is 1.55. The van der Waals surface area contributed by atoms with Crippen LogP contribution >= 0.6 is 0 Å². The Bertz CT molecular complexity index is 495. The number of β-amino-alcohol motifs (C(OH)–C–C–N with tert-alkyl or cyclic N) is 1. The summed E-state index contributed by atoms with van der Waals surface area (Å²) in [4.78, 5) is 11.9. The van der Waals surface area contributed by atoms with Crippen molar-refractivity contribution in [2.75, 3.05) is 13.7 Å². The van der Waals surface area contributed by atoms with Gasteiger partial charge in [-0.1, -0.05) is 18.9 Å². The quantitative estimate of drug-likeness (QED) is 0.817. The zero-order valence-corrected chi connectivity index (χ0v) is 11.9. The Morgan fingerprint density at radius 1 is 1.38 bits per heavy atom. The van der Waals surface area contributed by atoms with Gasteiger partial charge in [-0.2, -0.15) is 0 Å². The van der Waals surface area contributed by atoms with Crippen LogP contribution in [0.5, 0.6) is 0 Å². The fourth-order valence-corrected chi connectivity index (χ4v) is 2.85. The van der Waals surface area contributed by atoms with Crippen LogP contribution in [0.2, 0.25) is 0 Å². The molecule has 1 aromatic carbocycles. The topological polar surface area (TPSA) is 58.6 Å². The molecule has 1 atom stereocenters. The lowest BCUT2D eigenvalue weighted by molar-refractivity contribution is -0.148. The molecule has 0 bridgehead atoms. The Kier molecular flexibility index (Phi) is 4.90. The molecule has 2 rings (SSSR count). The minimum absolute atomic E-state index is 0.118. The number of methoxy groups -OCH3 is 1. The predicted octanol–water partition coefficient (Wildman–Crippen LogP) is 2.07. The van der Waals surface area contributed by atoms with Crippen LogP contribution in [0, 0.1) is 11.6 Å². The van der Waals surface area contributed by atoms with Crippen LogP contribution in [-0.4, -0.2) is 30.3 Å². The van der Waals surface area contributed by atoms with E-state index >= 15 is 0 Å². The second-order valence-corrected chi connectivity index (χ2v) is 5.31. The maximum absolute atomic E-state index is 13.6. The van der Waals surface area contributed by atoms with Crippen LogP contribution in [0.15, 0.2) is 18.2 Å². The summed E-state index contributed by atoms with van der Waals surface area (Å²) in [5.74, 6) is -2.01. The zero-order valence-electron chi connectivity index (χ0n) is 11.9. The summed E-state index contributed by atoms with van der Waals surface area (Å²) < 4.78 is 32.0. The third kappa shape index (κ3) is 3.22. The van der Waals surface area contributed by atoms with Crippen molar-refractivity contribution in [1.29, 1.82) is 0 Å². The van der Waals surface area contributed by atoms with E-state index in [1.165, 1.54) is 13.2 Å². The molecule has 0 radical (unpaired) electrons. The Hall–Kier alpha value is -1.53. The summed E-state index contributed by atoms with van der Waals surface area (Å²) >= 11 is 0. The van der Waals surface area contributed by atoms with Gasteiger partial charge in [0.25, 0.3) is 0 Å². The minimum Gasteiger partial charge on any atom is -0.468 e. The van der Waals surface area contributed by atoms with Crippen molar-refractivity contribution >= 4 is 5.97 Å². The summed E-state index contributed by atoms with van der Waals surface area (Å²) in [6.45, 7) is -0.118. The fourth-order valence-electron chi connectivity index (χ4n) is 2.85. The molecule has 0 spiro atoms. The van der Waals surface area contributed by atoms with Gasteiger partial charge in [-0.05, 0) is 25.0 Å². The van der Waals surface area contributed by atoms with Crippen molar-refractivity contribution in [2.45, 2.75) is 37.3 Å². The van der Waals surface area contributed by atoms with E-state index in [-0.39, 0.29) is 12.1 Å². The van der Waals surface area contributed by atoms with Gasteiger partial charge < -0.3 is 9.84 Å². The molecule has 0 aliphatic heterocycles. The molecule has 0 heterocycles. The molecule has 1 aliphatic rings. The molecule has 1 saturated carbocycles. The predicted molar refractivity (Wildman–Crippen MR) is 72.5 cm³/mol. The van der Waals surface area contributed by atoms with Gasteiger partial charge in [0.1, 0.15) is 17.2 Å². The van der Waals surface area contributed by atoms with Crippen LogP contribution in [0.1, 0.15) is 37.4 Å². The number of carbonyl (C=O) groups excluding carboxylic acids is 1. The second-order valence-electron chi connectivity index (χ2n) is 5.31. The second kappa shape index (κ2) is 6.49. The van der Waals surface area contributed by atoms with E-state index in [0.717, 1.165) is 25.0 Å². The largest absolute Gasteiger partial charge is 0.468 e. The Balaban J connectivity index is 2.09. The van der Waals surface area contributed by atoms with Crippen LogP contribution in [-0.2, 0) is 9.53 Å². The number of benzene rings is 1. The first-order chi connectivity index (χ1) is 10.00. The SMILES string of the molecule is COC(=O)C1(NCC(O)c2c(F)cccc2F)CCCC1. The highest BCUT2D eigenvalue weighted by atomic mass is 19.1. The number of nitrogens with one attached hydrogen (secondary N) is 1. The lowest BCUT2D eigenvalue weighted by Crippen LogP contribution is -2.51. The highest BCUT2D eigenvalue weighted by molar-refractivity contribution is 5.81. The summed E-state index contributed by atoms with van der Waals surface area (Å²) in [7, 11) is 1.30. The van der Waals surface area contributed by atoms with E-state index in [9.17, 15) is 18.7 Å². The molecule has 1 fully saturated rings. The van der Waals surface area contributed by atoms with E-state index in [4.69, 9.17) is 4.74 Å². The average Bonchev–Trinajstić information content (AvgIpc) is 2.94. The Morgan fingerprint density at radius 3 is 2.48 bits per heavy atom. The van der Waals surface area contributed by atoms with Crippen molar-refractivity contribution in [3.63, 3.8) is 0 Å². The van der Waals surface area contributed by atoms with Gasteiger partial charge in [-0.25, -0.2) is 8.78 Å². The molecule has 2 N–H and O–H groups in total. The Labute approximate surface area is 122 Å². The first-order valence-corrected chi connectivity index (χ1v) is 6.95. The van der Waals surface area contributed by atoms with E-state index in [2.05, 4.69) is 5.32 Å². The lowest BCUT2D eigenvalue weighted by Gasteiger charge is -2.28. The number of rotatable bonds is 5. The molecule has 0 saturated heterocycles. The van der Waals surface area contributed by atoms with Gasteiger partial charge in [-0.3, -0.25) is 10.1 Å². The van der Waals surface area contributed by atoms with Crippen molar-refractivity contribution in [3.8, 4) is 0 Å². The molecule has 0 aromatic heterocycles. The molecular weight excluding hydrogens is 280 g/mol. The summed E-state index contributed by atoms with van der Waals surface area (Å²) in [5.41, 5.74) is -1.25. The van der Waals surface area contributed by atoms with E-state index in [1.807, 2.05) is 0 Å². The molecule has 4 nitrogen and oxygen atoms in total. The van der Waals surface area contributed by atoms with Crippen LogP contribution in [0.25, 0.3) is 0 Å². The monoisotopic (exact) mass is 299 g/mol. The number of ether oxygens (including phenoxy) is 1. The van der Waals surface area contributed by atoms with Gasteiger partial charge in [0.05, 0.1) is 18.8 Å². The number of hydrogen-bond donors (Lipinski definition) is 2. The van der Waals surface area contributed by atoms with E-state index < -0.39 is 29.2 Å². The van der Waals surface area contributed by atoms with Gasteiger partial charge in [0.2, 0.25) is 0 Å². The van der Waals surface area contributed by atoms with E-state index in [0.29, 0.717) is 12.8 Å². The number of esters is 1. The van der Waals surface area contributed by atoms with E-state index in [1.54, 1.807) is 0 Å². The zero-order chi connectivity index (χ0) is 15.5.